The first kappa shape index (κ1) is 13.2. The molecule has 0 atom stereocenters. The van der Waals surface area contributed by atoms with Gasteiger partial charge in [0.05, 0.1) is 7.11 Å². The van der Waals surface area contributed by atoms with Crippen LogP contribution in [0.1, 0.15) is 22.4 Å². The van der Waals surface area contributed by atoms with Crippen LogP contribution in [0.15, 0.2) is 17.1 Å². The molecule has 2 aromatic heterocycles. The van der Waals surface area contributed by atoms with Crippen LogP contribution in [0.25, 0.3) is 0 Å². The van der Waals surface area contributed by atoms with E-state index in [-0.39, 0.29) is 16.9 Å². The Balaban J connectivity index is 2.15. The van der Waals surface area contributed by atoms with Crippen molar-refractivity contribution < 1.29 is 9.53 Å². The van der Waals surface area contributed by atoms with Gasteiger partial charge in [-0.05, 0) is 6.42 Å². The summed E-state index contributed by atoms with van der Waals surface area (Å²) >= 11 is 1.30. The fraction of sp³-hybridized carbons (Fsp3) is 0.273. The van der Waals surface area contributed by atoms with Crippen LogP contribution in [0.2, 0.25) is 0 Å². The van der Waals surface area contributed by atoms with E-state index < -0.39 is 5.91 Å². The van der Waals surface area contributed by atoms with Crippen molar-refractivity contribution >= 4 is 22.4 Å². The van der Waals surface area contributed by atoms with Gasteiger partial charge in [-0.3, -0.25) is 14.9 Å². The van der Waals surface area contributed by atoms with E-state index in [1.54, 1.807) is 0 Å². The van der Waals surface area contributed by atoms with E-state index in [9.17, 15) is 9.59 Å². The number of hydrogen-bond donors (Lipinski definition) is 2. The molecular formula is C11H12N4O3S. The van der Waals surface area contributed by atoms with Crippen molar-refractivity contribution in [3.05, 3.63) is 33.2 Å². The Morgan fingerprint density at radius 3 is 2.89 bits per heavy atom. The summed E-state index contributed by atoms with van der Waals surface area (Å²) in [6.45, 7) is 1.95. The molecule has 2 N–H and O–H groups in total. The number of aromatic amines is 1. The number of ether oxygens (including phenoxy) is 1. The number of carbonyl (C=O) groups excluding carboxylic acids is 1. The van der Waals surface area contributed by atoms with E-state index in [4.69, 9.17) is 4.74 Å². The molecule has 0 saturated carbocycles. The molecule has 1 amide bonds. The minimum Gasteiger partial charge on any atom is -0.491 e. The summed E-state index contributed by atoms with van der Waals surface area (Å²) in [5.41, 5.74) is -0.225. The van der Waals surface area contributed by atoms with Crippen LogP contribution in [-0.2, 0) is 6.42 Å². The highest BCUT2D eigenvalue weighted by atomic mass is 32.1. The van der Waals surface area contributed by atoms with Gasteiger partial charge in [0.2, 0.25) is 10.6 Å². The fourth-order valence-corrected chi connectivity index (χ4v) is 2.03. The van der Waals surface area contributed by atoms with Gasteiger partial charge in [0.25, 0.3) is 5.91 Å². The van der Waals surface area contributed by atoms with Crippen LogP contribution in [0, 0.1) is 0 Å². The van der Waals surface area contributed by atoms with Crippen molar-refractivity contribution in [2.24, 2.45) is 0 Å². The molecule has 8 heteroatoms. The molecule has 0 aromatic carbocycles. The summed E-state index contributed by atoms with van der Waals surface area (Å²) in [6.07, 6.45) is 2.10. The Morgan fingerprint density at radius 2 is 2.32 bits per heavy atom. The molecule has 0 unspecified atom stereocenters. The van der Waals surface area contributed by atoms with Crippen molar-refractivity contribution in [1.29, 1.82) is 0 Å². The second kappa shape index (κ2) is 5.61. The molecule has 0 radical (unpaired) electrons. The highest BCUT2D eigenvalue weighted by Crippen LogP contribution is 2.16. The fourth-order valence-electron chi connectivity index (χ4n) is 1.36. The SMILES string of the molecule is CCc1nnc(NC(=O)c2cc(=O)c(OC)c[nH]2)s1. The molecule has 0 spiro atoms. The Morgan fingerprint density at radius 1 is 1.53 bits per heavy atom. The second-order valence-electron chi connectivity index (χ2n) is 3.59. The highest BCUT2D eigenvalue weighted by molar-refractivity contribution is 7.15. The van der Waals surface area contributed by atoms with E-state index in [0.717, 1.165) is 11.4 Å². The third-order valence-electron chi connectivity index (χ3n) is 2.33. The zero-order chi connectivity index (χ0) is 13.8. The topological polar surface area (TPSA) is 97.0 Å². The number of aryl methyl sites for hydroxylation is 1. The van der Waals surface area contributed by atoms with Crippen LogP contribution in [0.3, 0.4) is 0 Å². The molecule has 2 rings (SSSR count). The normalized spacial score (nSPS) is 10.2. The number of rotatable bonds is 4. The van der Waals surface area contributed by atoms with Gasteiger partial charge in [0, 0.05) is 12.3 Å². The summed E-state index contributed by atoms with van der Waals surface area (Å²) in [7, 11) is 1.39. The van der Waals surface area contributed by atoms with Gasteiger partial charge in [0.1, 0.15) is 10.7 Å². The third-order valence-corrected chi connectivity index (χ3v) is 3.31. The van der Waals surface area contributed by atoms with E-state index in [0.29, 0.717) is 5.13 Å². The average Bonchev–Trinajstić information content (AvgIpc) is 2.86. The molecule has 2 heterocycles. The lowest BCUT2D eigenvalue weighted by molar-refractivity contribution is 0.102. The van der Waals surface area contributed by atoms with Crippen molar-refractivity contribution in [1.82, 2.24) is 15.2 Å². The number of aromatic nitrogens is 3. The molecule has 0 saturated heterocycles. The van der Waals surface area contributed by atoms with E-state index in [1.165, 1.54) is 30.7 Å². The summed E-state index contributed by atoms with van der Waals surface area (Å²) in [4.78, 5) is 26.1. The van der Waals surface area contributed by atoms with E-state index in [1.807, 2.05) is 6.92 Å². The van der Waals surface area contributed by atoms with Crippen LogP contribution in [-0.4, -0.2) is 28.2 Å². The van der Waals surface area contributed by atoms with Crippen molar-refractivity contribution in [2.75, 3.05) is 12.4 Å². The maximum Gasteiger partial charge on any atom is 0.274 e. The number of nitrogens with zero attached hydrogens (tertiary/aromatic N) is 2. The van der Waals surface area contributed by atoms with Crippen LogP contribution in [0.5, 0.6) is 5.75 Å². The summed E-state index contributed by atoms with van der Waals surface area (Å²) in [6, 6.07) is 1.18. The maximum atomic E-state index is 11.9. The molecule has 0 bridgehead atoms. The van der Waals surface area contributed by atoms with Gasteiger partial charge < -0.3 is 9.72 Å². The lowest BCUT2D eigenvalue weighted by Gasteiger charge is -2.02. The largest absolute Gasteiger partial charge is 0.491 e. The van der Waals surface area contributed by atoms with E-state index in [2.05, 4.69) is 20.5 Å². The monoisotopic (exact) mass is 280 g/mol. The molecule has 0 aliphatic carbocycles. The van der Waals surface area contributed by atoms with Gasteiger partial charge in [-0.1, -0.05) is 18.3 Å². The summed E-state index contributed by atoms with van der Waals surface area (Å²) in [5.74, 6) is -0.292. The zero-order valence-corrected chi connectivity index (χ0v) is 11.2. The first-order valence-corrected chi connectivity index (χ1v) is 6.36. The molecule has 2 aromatic rings. The predicted molar refractivity (Wildman–Crippen MR) is 70.9 cm³/mol. The predicted octanol–water partition coefficient (Wildman–Crippen LogP) is 1.05. The van der Waals surface area contributed by atoms with Crippen molar-refractivity contribution in [2.45, 2.75) is 13.3 Å². The summed E-state index contributed by atoms with van der Waals surface area (Å²) in [5, 5.41) is 11.5. The van der Waals surface area contributed by atoms with Gasteiger partial charge in [0.15, 0.2) is 5.75 Å². The molecule has 0 aliphatic rings. The van der Waals surface area contributed by atoms with Crippen LogP contribution in [0.4, 0.5) is 5.13 Å². The number of carbonyl (C=O) groups is 1. The minimum atomic E-state index is -0.446. The number of pyridine rings is 1. The van der Waals surface area contributed by atoms with E-state index >= 15 is 0 Å². The number of amides is 1. The first-order chi connectivity index (χ1) is 9.13. The maximum absolute atomic E-state index is 11.9. The lowest BCUT2D eigenvalue weighted by atomic mass is 10.3. The summed E-state index contributed by atoms with van der Waals surface area (Å²) < 4.78 is 4.82. The van der Waals surface area contributed by atoms with Crippen LogP contribution < -0.4 is 15.5 Å². The van der Waals surface area contributed by atoms with Gasteiger partial charge in [-0.25, -0.2) is 0 Å². The quantitative estimate of drug-likeness (QED) is 0.872. The van der Waals surface area contributed by atoms with Gasteiger partial charge in [-0.2, -0.15) is 0 Å². The van der Waals surface area contributed by atoms with Crippen LogP contribution >= 0.6 is 11.3 Å². The Kier molecular flexibility index (Phi) is 3.91. The minimum absolute atomic E-state index is 0.138. The lowest BCUT2D eigenvalue weighted by Crippen LogP contribution is -2.17. The van der Waals surface area contributed by atoms with Crippen molar-refractivity contribution in [3.63, 3.8) is 0 Å². The Hall–Kier alpha value is -2.22. The number of anilines is 1. The smallest absolute Gasteiger partial charge is 0.274 e. The standard InChI is InChI=1S/C11H12N4O3S/c1-3-9-14-15-11(19-9)13-10(17)6-4-7(16)8(18-2)5-12-6/h4-5H,3H2,1-2H3,(H,12,16)(H,13,15,17). The van der Waals surface area contributed by atoms with Gasteiger partial charge >= 0.3 is 0 Å². The third kappa shape index (κ3) is 2.97. The Bertz CT molecular complexity index is 649. The number of hydrogen-bond acceptors (Lipinski definition) is 6. The average molecular weight is 280 g/mol. The molecule has 0 aliphatic heterocycles. The first-order valence-electron chi connectivity index (χ1n) is 5.54. The molecule has 19 heavy (non-hydrogen) atoms. The zero-order valence-electron chi connectivity index (χ0n) is 10.4. The van der Waals surface area contributed by atoms with Gasteiger partial charge in [-0.15, -0.1) is 10.2 Å². The molecular weight excluding hydrogens is 268 g/mol. The highest BCUT2D eigenvalue weighted by Gasteiger charge is 2.12. The molecule has 100 valence electrons. The molecule has 0 fully saturated rings. The second-order valence-corrected chi connectivity index (χ2v) is 4.65. The number of nitrogens with one attached hydrogen (secondary N) is 2. The number of H-pyrrole nitrogens is 1. The molecule has 7 nitrogen and oxygen atoms in total. The number of methoxy groups -OCH3 is 1. The van der Waals surface area contributed by atoms with Crippen molar-refractivity contribution in [3.8, 4) is 5.75 Å². The Labute approximate surface area is 112 Å².